The molecule has 0 aliphatic carbocycles. The van der Waals surface area contributed by atoms with Gasteiger partial charge < -0.3 is 15.0 Å². The summed E-state index contributed by atoms with van der Waals surface area (Å²) in [6, 6.07) is 9.23. The molecule has 1 unspecified atom stereocenters. The topological polar surface area (TPSA) is 88.8 Å². The number of carbonyl (C=O) groups excluding carboxylic acids is 1. The Morgan fingerprint density at radius 2 is 2.13 bits per heavy atom. The van der Waals surface area contributed by atoms with Crippen LogP contribution in [-0.2, 0) is 11.3 Å². The molecule has 0 spiro atoms. The summed E-state index contributed by atoms with van der Waals surface area (Å²) < 4.78 is 6.78. The number of aromatic nitrogens is 3. The molecule has 1 N–H and O–H groups in total. The van der Waals surface area contributed by atoms with Crippen LogP contribution in [-0.4, -0.2) is 40.2 Å². The van der Waals surface area contributed by atoms with Gasteiger partial charge in [-0.25, -0.2) is 4.98 Å². The van der Waals surface area contributed by atoms with Crippen LogP contribution in [0.1, 0.15) is 31.0 Å². The molecule has 0 radical (unpaired) electrons. The Hall–Kier alpha value is -2.94. The molecule has 3 aromatic rings. The Labute approximate surface area is 178 Å². The smallest absolute Gasteiger partial charge is 0.275 e. The van der Waals surface area contributed by atoms with Gasteiger partial charge in [0.15, 0.2) is 0 Å². The van der Waals surface area contributed by atoms with Crippen molar-refractivity contribution in [3.63, 3.8) is 0 Å². The maximum Gasteiger partial charge on any atom is 0.275 e. The number of anilines is 1. The summed E-state index contributed by atoms with van der Waals surface area (Å²) in [5.74, 6) is 0.760. The minimum atomic E-state index is -0.179. The first kappa shape index (κ1) is 20.3. The molecule has 2 aromatic heterocycles. The van der Waals surface area contributed by atoms with Gasteiger partial charge in [-0.05, 0) is 44.4 Å². The fourth-order valence-electron chi connectivity index (χ4n) is 3.61. The highest BCUT2D eigenvalue weighted by Crippen LogP contribution is 2.27. The normalized spacial score (nSPS) is 16.6. The van der Waals surface area contributed by atoms with Gasteiger partial charge in [0, 0.05) is 31.4 Å². The van der Waals surface area contributed by atoms with Crippen molar-refractivity contribution in [3.05, 3.63) is 51.9 Å². The zero-order valence-electron chi connectivity index (χ0n) is 17.1. The molecule has 0 bridgehead atoms. The fourth-order valence-corrected chi connectivity index (χ4v) is 4.59. The molecule has 1 fully saturated rings. The van der Waals surface area contributed by atoms with Gasteiger partial charge in [-0.15, -0.1) is 5.10 Å². The van der Waals surface area contributed by atoms with E-state index in [-0.39, 0.29) is 17.4 Å². The highest BCUT2D eigenvalue weighted by Gasteiger charge is 2.27. The number of rotatable bonds is 6. The summed E-state index contributed by atoms with van der Waals surface area (Å²) in [5, 5.41) is 8.21. The second-order valence-corrected chi connectivity index (χ2v) is 8.33. The Kier molecular flexibility index (Phi) is 5.98. The molecule has 1 saturated heterocycles. The fraction of sp³-hybridized carbons (Fsp3) is 0.429. The number of ether oxygens (including phenoxy) is 1. The Balaban J connectivity index is 1.39. The number of piperidine rings is 1. The first-order chi connectivity index (χ1) is 14.5. The average Bonchev–Trinajstić information content (AvgIpc) is 3.18. The van der Waals surface area contributed by atoms with E-state index in [0.29, 0.717) is 30.4 Å². The minimum absolute atomic E-state index is 0.0424. The second-order valence-electron chi connectivity index (χ2n) is 7.39. The molecule has 30 heavy (non-hydrogen) atoms. The summed E-state index contributed by atoms with van der Waals surface area (Å²) in [6.45, 7) is 6.27. The van der Waals surface area contributed by atoms with Crippen LogP contribution in [0, 0.1) is 12.8 Å². The van der Waals surface area contributed by atoms with E-state index in [0.717, 1.165) is 35.8 Å². The van der Waals surface area contributed by atoms with Crippen molar-refractivity contribution in [2.75, 3.05) is 24.6 Å². The summed E-state index contributed by atoms with van der Waals surface area (Å²) in [4.78, 5) is 31.9. The number of nitrogens with zero attached hydrogens (tertiary/aromatic N) is 4. The van der Waals surface area contributed by atoms with Crippen LogP contribution in [0.15, 0.2) is 35.1 Å². The number of benzene rings is 1. The van der Waals surface area contributed by atoms with Crippen LogP contribution in [0.5, 0.6) is 5.75 Å². The van der Waals surface area contributed by atoms with E-state index in [1.165, 1.54) is 21.9 Å². The highest BCUT2D eigenvalue weighted by molar-refractivity contribution is 7.20. The lowest BCUT2D eigenvalue weighted by Gasteiger charge is -2.31. The number of hydrogen-bond acceptors (Lipinski definition) is 7. The van der Waals surface area contributed by atoms with E-state index >= 15 is 0 Å². The minimum Gasteiger partial charge on any atom is -0.494 e. The van der Waals surface area contributed by atoms with Gasteiger partial charge >= 0.3 is 0 Å². The van der Waals surface area contributed by atoms with E-state index in [2.05, 4.69) is 20.3 Å². The Bertz CT molecular complexity index is 1090. The van der Waals surface area contributed by atoms with Crippen LogP contribution in [0.2, 0.25) is 0 Å². The molecule has 1 aliphatic rings. The molecule has 158 valence electrons. The molecule has 9 heteroatoms. The van der Waals surface area contributed by atoms with E-state index in [1.54, 1.807) is 6.92 Å². The maximum absolute atomic E-state index is 12.7. The molecule has 1 aromatic carbocycles. The zero-order chi connectivity index (χ0) is 21.1. The van der Waals surface area contributed by atoms with Crippen LogP contribution < -0.4 is 20.5 Å². The molecule has 0 saturated carbocycles. The standard InChI is InChI=1S/C21H25N5O3S/c1-3-29-17-8-6-15(7-9-17)12-22-19(28)16-5-4-10-25(13-16)21-24-26-18(27)11-14(2)23-20(26)30-21/h6-9,11,16H,3-5,10,12-13H2,1-2H3,(H,22,28). The maximum atomic E-state index is 12.7. The number of aryl methyl sites for hydroxylation is 1. The number of carbonyl (C=O) groups is 1. The third-order valence-electron chi connectivity index (χ3n) is 5.13. The molecule has 1 aliphatic heterocycles. The van der Waals surface area contributed by atoms with Crippen LogP contribution >= 0.6 is 11.3 Å². The van der Waals surface area contributed by atoms with Crippen molar-refractivity contribution in [1.29, 1.82) is 0 Å². The van der Waals surface area contributed by atoms with E-state index in [9.17, 15) is 9.59 Å². The summed E-state index contributed by atoms with van der Waals surface area (Å²) in [7, 11) is 0. The van der Waals surface area contributed by atoms with Crippen molar-refractivity contribution in [1.82, 2.24) is 19.9 Å². The van der Waals surface area contributed by atoms with Gasteiger partial charge in [-0.2, -0.15) is 4.52 Å². The number of nitrogens with one attached hydrogen (secondary N) is 1. The van der Waals surface area contributed by atoms with Gasteiger partial charge in [0.25, 0.3) is 5.56 Å². The van der Waals surface area contributed by atoms with Crippen LogP contribution in [0.25, 0.3) is 4.96 Å². The van der Waals surface area contributed by atoms with Gasteiger partial charge in [0.05, 0.1) is 12.5 Å². The number of amides is 1. The second kappa shape index (κ2) is 8.83. The third-order valence-corrected chi connectivity index (χ3v) is 6.10. The highest BCUT2D eigenvalue weighted by atomic mass is 32.1. The van der Waals surface area contributed by atoms with Crippen LogP contribution in [0.4, 0.5) is 5.13 Å². The average molecular weight is 428 g/mol. The lowest BCUT2D eigenvalue weighted by atomic mass is 9.97. The molecule has 3 heterocycles. The lowest BCUT2D eigenvalue weighted by Crippen LogP contribution is -2.43. The summed E-state index contributed by atoms with van der Waals surface area (Å²) in [5.41, 5.74) is 1.54. The largest absolute Gasteiger partial charge is 0.494 e. The SMILES string of the molecule is CCOc1ccc(CNC(=O)C2CCCN(c3nn4c(=O)cc(C)nc4s3)C2)cc1. The molecule has 1 atom stereocenters. The number of hydrogen-bond donors (Lipinski definition) is 1. The summed E-state index contributed by atoms with van der Waals surface area (Å²) in [6.07, 6.45) is 1.74. The van der Waals surface area contributed by atoms with Gasteiger partial charge in [-0.1, -0.05) is 23.5 Å². The van der Waals surface area contributed by atoms with Crippen molar-refractivity contribution in [2.45, 2.75) is 33.2 Å². The quantitative estimate of drug-likeness (QED) is 0.650. The molecular formula is C21H25N5O3S. The van der Waals surface area contributed by atoms with Crippen molar-refractivity contribution < 1.29 is 9.53 Å². The molecule has 1 amide bonds. The van der Waals surface area contributed by atoms with Gasteiger partial charge in [0.1, 0.15) is 5.75 Å². The van der Waals surface area contributed by atoms with Crippen molar-refractivity contribution >= 4 is 27.3 Å². The van der Waals surface area contributed by atoms with E-state index in [4.69, 9.17) is 4.74 Å². The van der Waals surface area contributed by atoms with E-state index < -0.39 is 0 Å². The number of fused-ring (bicyclic) bond motifs is 1. The predicted octanol–water partition coefficient (Wildman–Crippen LogP) is 2.39. The van der Waals surface area contributed by atoms with Crippen LogP contribution in [0.3, 0.4) is 0 Å². The molecule has 8 nitrogen and oxygen atoms in total. The zero-order valence-corrected chi connectivity index (χ0v) is 17.9. The van der Waals surface area contributed by atoms with E-state index in [1.807, 2.05) is 31.2 Å². The van der Waals surface area contributed by atoms with Gasteiger partial charge in [0.2, 0.25) is 16.0 Å². The monoisotopic (exact) mass is 427 g/mol. The predicted molar refractivity (Wildman–Crippen MR) is 116 cm³/mol. The molecular weight excluding hydrogens is 402 g/mol. The van der Waals surface area contributed by atoms with Crippen molar-refractivity contribution in [2.24, 2.45) is 5.92 Å². The molecule has 4 rings (SSSR count). The summed E-state index contributed by atoms with van der Waals surface area (Å²) >= 11 is 1.38. The van der Waals surface area contributed by atoms with Gasteiger partial charge in [-0.3, -0.25) is 9.59 Å². The first-order valence-electron chi connectivity index (χ1n) is 10.2. The Morgan fingerprint density at radius 3 is 2.90 bits per heavy atom. The van der Waals surface area contributed by atoms with Crippen molar-refractivity contribution in [3.8, 4) is 5.75 Å². The lowest BCUT2D eigenvalue weighted by molar-refractivity contribution is -0.125. The third kappa shape index (κ3) is 4.46. The first-order valence-corrected chi connectivity index (χ1v) is 11.0. The Morgan fingerprint density at radius 1 is 1.33 bits per heavy atom.